The number of carbonyl (C=O) groups excluding carboxylic acids is 1. The smallest absolute Gasteiger partial charge is 0.333 e. The lowest BCUT2D eigenvalue weighted by Gasteiger charge is -2.42. The number of nitrogens with zero attached hydrogens (tertiary/aromatic N) is 5. The van der Waals surface area contributed by atoms with Gasteiger partial charge in [0.05, 0.1) is 46.5 Å². The van der Waals surface area contributed by atoms with Gasteiger partial charge in [-0.3, -0.25) is 19.0 Å². The van der Waals surface area contributed by atoms with Gasteiger partial charge in [-0.05, 0) is 50.8 Å². The van der Waals surface area contributed by atoms with Gasteiger partial charge in [-0.2, -0.15) is 4.98 Å². The average molecular weight is 649 g/mol. The lowest BCUT2D eigenvalue weighted by molar-refractivity contribution is 0.0974. The minimum Gasteiger partial charge on any atom is -0.493 e. The zero-order valence-corrected chi connectivity index (χ0v) is 25.8. The van der Waals surface area contributed by atoms with Crippen LogP contribution in [0.2, 0.25) is 5.02 Å². The van der Waals surface area contributed by atoms with E-state index < -0.39 is 34.2 Å². The summed E-state index contributed by atoms with van der Waals surface area (Å²) in [7, 11) is 0. The fourth-order valence-corrected chi connectivity index (χ4v) is 7.15. The van der Waals surface area contributed by atoms with Crippen molar-refractivity contribution in [3.8, 4) is 11.6 Å². The van der Waals surface area contributed by atoms with Gasteiger partial charge in [-0.1, -0.05) is 17.7 Å². The van der Waals surface area contributed by atoms with Gasteiger partial charge in [0.2, 0.25) is 5.88 Å². The van der Waals surface area contributed by atoms with Gasteiger partial charge in [0.15, 0.2) is 11.1 Å². The molecule has 1 spiro atoms. The summed E-state index contributed by atoms with van der Waals surface area (Å²) in [5, 5.41) is 12.8. The first-order valence-electron chi connectivity index (χ1n) is 15.3. The Balaban J connectivity index is 1.17. The van der Waals surface area contributed by atoms with Crippen molar-refractivity contribution in [3.05, 3.63) is 78.1 Å². The first kappa shape index (κ1) is 30.1. The van der Waals surface area contributed by atoms with Crippen LogP contribution in [0, 0.1) is 5.41 Å². The van der Waals surface area contributed by atoms with Crippen molar-refractivity contribution >= 4 is 39.9 Å². The molecule has 46 heavy (non-hydrogen) atoms. The number of aryl methyl sites for hydroxylation is 1. The first-order valence-corrected chi connectivity index (χ1v) is 15.7. The van der Waals surface area contributed by atoms with E-state index in [4.69, 9.17) is 22.1 Å². The van der Waals surface area contributed by atoms with E-state index in [1.54, 1.807) is 12.3 Å². The minimum absolute atomic E-state index is 0.00585. The Morgan fingerprint density at radius 1 is 1.17 bits per heavy atom. The zero-order chi connectivity index (χ0) is 32.3. The van der Waals surface area contributed by atoms with E-state index in [0.29, 0.717) is 25.4 Å². The number of pyridine rings is 1. The Labute approximate surface area is 266 Å². The molecule has 1 aromatic carbocycles. The second-order valence-corrected chi connectivity index (χ2v) is 12.7. The summed E-state index contributed by atoms with van der Waals surface area (Å²) in [4.78, 5) is 66.5. The van der Waals surface area contributed by atoms with Gasteiger partial charge in [-0.15, -0.1) is 0 Å². The maximum Gasteiger partial charge on any atom is 0.333 e. The first-order chi connectivity index (χ1) is 22.1. The molecular formula is C31H33ClN8O6. The third-order valence-corrected chi connectivity index (χ3v) is 10.0. The molecule has 0 aliphatic carbocycles. The van der Waals surface area contributed by atoms with Gasteiger partial charge in [0.25, 0.3) is 17.0 Å². The maximum atomic E-state index is 13.6. The molecule has 0 radical (unpaired) electrons. The highest BCUT2D eigenvalue weighted by molar-refractivity contribution is 6.35. The molecule has 15 heteroatoms. The topological polar surface area (TPSA) is 190 Å². The molecule has 2 saturated heterocycles. The van der Waals surface area contributed by atoms with Crippen LogP contribution >= 0.6 is 11.6 Å². The predicted octanol–water partition coefficient (Wildman–Crippen LogP) is 1.91. The number of aromatic nitrogens is 5. The van der Waals surface area contributed by atoms with E-state index in [0.717, 1.165) is 49.0 Å². The van der Waals surface area contributed by atoms with E-state index >= 15 is 0 Å². The Morgan fingerprint density at radius 2 is 1.96 bits per heavy atom. The van der Waals surface area contributed by atoms with E-state index in [1.807, 2.05) is 6.92 Å². The molecule has 3 aromatic heterocycles. The van der Waals surface area contributed by atoms with E-state index in [2.05, 4.69) is 25.2 Å². The van der Waals surface area contributed by atoms with Crippen molar-refractivity contribution < 1.29 is 14.6 Å². The number of piperidine rings is 1. The third kappa shape index (κ3) is 4.87. The summed E-state index contributed by atoms with van der Waals surface area (Å²) in [6, 6.07) is 6.10. The summed E-state index contributed by atoms with van der Waals surface area (Å²) in [5.41, 5.74) is 4.86. The number of carbonyl (C=O) groups is 1. The molecular weight excluding hydrogens is 616 g/mol. The SMILES string of the molecule is C[C@@H]1OCC2(CCN(c3cnc4c(=O)n(-c5cccc(NC(=O)c6c(O)nc7n(c6=O)CCCC7)c5Cl)c(=O)[nH]c4c3)CC2)[C@@H]1N. The van der Waals surface area contributed by atoms with E-state index in [-0.39, 0.29) is 45.0 Å². The number of ether oxygens (including phenoxy) is 1. The van der Waals surface area contributed by atoms with Crippen LogP contribution in [0.1, 0.15) is 48.8 Å². The van der Waals surface area contributed by atoms with Crippen molar-refractivity contribution in [2.75, 3.05) is 29.9 Å². The largest absolute Gasteiger partial charge is 0.493 e. The maximum absolute atomic E-state index is 13.6. The summed E-state index contributed by atoms with van der Waals surface area (Å²) >= 11 is 6.63. The van der Waals surface area contributed by atoms with Crippen LogP contribution in [-0.2, 0) is 17.7 Å². The van der Waals surface area contributed by atoms with Gasteiger partial charge in [0, 0.05) is 37.5 Å². The minimum atomic E-state index is -0.926. The van der Waals surface area contributed by atoms with Crippen molar-refractivity contribution in [1.29, 1.82) is 0 Å². The molecule has 5 N–H and O–H groups in total. The van der Waals surface area contributed by atoms with Crippen molar-refractivity contribution in [1.82, 2.24) is 24.1 Å². The van der Waals surface area contributed by atoms with Gasteiger partial charge >= 0.3 is 5.69 Å². The molecule has 4 aromatic rings. The Kier molecular flexibility index (Phi) is 7.45. The summed E-state index contributed by atoms with van der Waals surface area (Å²) in [6.45, 7) is 4.51. The molecule has 1 amide bonds. The normalized spacial score (nSPS) is 20.6. The number of hydrogen-bond acceptors (Lipinski definition) is 10. The van der Waals surface area contributed by atoms with Gasteiger partial charge in [-0.25, -0.2) is 14.3 Å². The molecule has 3 aliphatic heterocycles. The number of nitrogens with two attached hydrogens (primary N) is 1. The van der Waals surface area contributed by atoms with Crippen molar-refractivity contribution in [2.24, 2.45) is 11.1 Å². The fraction of sp³-hybridized carbons (Fsp3) is 0.419. The van der Waals surface area contributed by atoms with Crippen LogP contribution in [0.25, 0.3) is 16.7 Å². The van der Waals surface area contributed by atoms with Crippen LogP contribution in [0.15, 0.2) is 44.8 Å². The highest BCUT2D eigenvalue weighted by atomic mass is 35.5. The summed E-state index contributed by atoms with van der Waals surface area (Å²) in [6.07, 6.45) is 5.45. The van der Waals surface area contributed by atoms with Crippen LogP contribution in [0.5, 0.6) is 5.88 Å². The number of aromatic hydroxyl groups is 1. The Morgan fingerprint density at radius 3 is 2.70 bits per heavy atom. The standard InChI is InChI=1S/C31H33ClN8O6/c1-16-25(33)31(15-46-16)8-11-38(12-9-31)17-13-19-24(34-14-17)29(44)40(30(45)36-19)20-6-4-5-18(23(20)32)35-26(41)22-27(42)37-21-7-2-3-10-39(21)28(22)43/h4-6,13-14,16,25,42H,2-3,7-12,15,33H2,1H3,(H,35,41)(H,36,45)/t16-,25+/m0/s1. The average Bonchev–Trinajstić information content (AvgIpc) is 3.31. The molecule has 7 rings (SSSR count). The summed E-state index contributed by atoms with van der Waals surface area (Å²) < 4.78 is 8.05. The molecule has 2 fully saturated rings. The highest BCUT2D eigenvalue weighted by Gasteiger charge is 2.47. The lowest BCUT2D eigenvalue weighted by Crippen LogP contribution is -2.50. The Bertz CT molecular complexity index is 2070. The number of nitrogens with one attached hydrogen (secondary N) is 2. The lowest BCUT2D eigenvalue weighted by atomic mass is 9.73. The Hall–Kier alpha value is -4.53. The second-order valence-electron chi connectivity index (χ2n) is 12.3. The molecule has 0 saturated carbocycles. The molecule has 6 heterocycles. The molecule has 0 unspecified atom stereocenters. The highest BCUT2D eigenvalue weighted by Crippen LogP contribution is 2.42. The van der Waals surface area contributed by atoms with Gasteiger partial charge < -0.3 is 30.8 Å². The molecule has 3 aliphatic rings. The van der Waals surface area contributed by atoms with Crippen LogP contribution in [0.3, 0.4) is 0 Å². The zero-order valence-electron chi connectivity index (χ0n) is 25.1. The number of fused-ring (bicyclic) bond motifs is 2. The number of benzene rings is 1. The van der Waals surface area contributed by atoms with Crippen molar-refractivity contribution in [3.63, 3.8) is 0 Å². The monoisotopic (exact) mass is 648 g/mol. The number of aromatic amines is 1. The van der Waals surface area contributed by atoms with Gasteiger partial charge in [0.1, 0.15) is 5.82 Å². The molecule has 0 bridgehead atoms. The number of anilines is 2. The number of halogens is 1. The summed E-state index contributed by atoms with van der Waals surface area (Å²) in [5.74, 6) is -1.18. The molecule has 2 atom stereocenters. The fourth-order valence-electron chi connectivity index (χ4n) is 6.90. The second kappa shape index (κ2) is 11.4. The van der Waals surface area contributed by atoms with Crippen molar-refractivity contribution in [2.45, 2.75) is 57.7 Å². The van der Waals surface area contributed by atoms with E-state index in [1.165, 1.54) is 22.8 Å². The number of amides is 1. The number of rotatable bonds is 4. The van der Waals surface area contributed by atoms with Crippen LogP contribution in [-0.4, -0.2) is 66.9 Å². The quantitative estimate of drug-likeness (QED) is 0.254. The molecule has 14 nitrogen and oxygen atoms in total. The third-order valence-electron chi connectivity index (χ3n) is 9.65. The van der Waals surface area contributed by atoms with E-state index in [9.17, 15) is 24.3 Å². The number of hydrogen-bond donors (Lipinski definition) is 4. The van der Waals surface area contributed by atoms with Crippen LogP contribution in [0.4, 0.5) is 11.4 Å². The van der Waals surface area contributed by atoms with Crippen LogP contribution < -0.4 is 32.8 Å². The predicted molar refractivity (Wildman–Crippen MR) is 171 cm³/mol. The molecule has 240 valence electrons. The number of H-pyrrole nitrogens is 1.